The standard InChI is InChI=1S/C6H18N2O2SSi/c1-6(2,3)12(4,5)8-11(7,9)10/h8H,1-5H3,(H2,7,9,10). The Balaban J connectivity index is 4.67. The summed E-state index contributed by atoms with van der Waals surface area (Å²) < 4.78 is 24.1. The second-order valence-corrected chi connectivity index (χ2v) is 11.2. The molecule has 0 unspecified atom stereocenters. The highest BCUT2D eigenvalue weighted by molar-refractivity contribution is 7.88. The Morgan fingerprint density at radius 1 is 1.25 bits per heavy atom. The van der Waals surface area contributed by atoms with Crippen molar-refractivity contribution in [2.45, 2.75) is 38.9 Å². The zero-order valence-corrected chi connectivity index (χ0v) is 10.1. The highest BCUT2D eigenvalue weighted by atomic mass is 32.2. The number of rotatable bonds is 2. The van der Waals surface area contributed by atoms with Gasteiger partial charge in [-0.25, -0.2) is 9.53 Å². The molecule has 0 atom stereocenters. The minimum Gasteiger partial charge on any atom is -0.224 e. The minimum atomic E-state index is -3.55. The lowest BCUT2D eigenvalue weighted by Gasteiger charge is -2.35. The quantitative estimate of drug-likeness (QED) is 0.661. The maximum atomic E-state index is 10.8. The van der Waals surface area contributed by atoms with Crippen LogP contribution in [0.15, 0.2) is 0 Å². The zero-order chi connectivity index (χ0) is 10.2. The zero-order valence-electron chi connectivity index (χ0n) is 8.30. The summed E-state index contributed by atoms with van der Waals surface area (Å²) in [5, 5.41) is 4.89. The fraction of sp³-hybridized carbons (Fsp3) is 1.00. The van der Waals surface area contributed by atoms with Crippen molar-refractivity contribution in [3.05, 3.63) is 0 Å². The van der Waals surface area contributed by atoms with Crippen molar-refractivity contribution in [2.24, 2.45) is 5.14 Å². The minimum absolute atomic E-state index is 0.0283. The van der Waals surface area contributed by atoms with E-state index in [1.807, 2.05) is 33.9 Å². The molecule has 0 saturated carbocycles. The first kappa shape index (κ1) is 12.1. The molecule has 0 spiro atoms. The largest absolute Gasteiger partial charge is 0.268 e. The molecule has 0 aliphatic carbocycles. The van der Waals surface area contributed by atoms with Gasteiger partial charge < -0.3 is 0 Å². The van der Waals surface area contributed by atoms with E-state index in [1.54, 1.807) is 0 Å². The van der Waals surface area contributed by atoms with Crippen molar-refractivity contribution in [3.8, 4) is 0 Å². The van der Waals surface area contributed by atoms with Crippen molar-refractivity contribution >= 4 is 18.4 Å². The molecule has 0 aliphatic rings. The summed E-state index contributed by atoms with van der Waals surface area (Å²) >= 11 is 0. The topological polar surface area (TPSA) is 72.2 Å². The normalized spacial score (nSPS) is 14.8. The van der Waals surface area contributed by atoms with Gasteiger partial charge in [0, 0.05) is 0 Å². The molecule has 0 heterocycles. The smallest absolute Gasteiger partial charge is 0.224 e. The maximum absolute atomic E-state index is 10.8. The van der Waals surface area contributed by atoms with Gasteiger partial charge >= 0.3 is 0 Å². The van der Waals surface area contributed by atoms with Gasteiger partial charge in [-0.2, -0.15) is 8.42 Å². The molecule has 74 valence electrons. The van der Waals surface area contributed by atoms with Gasteiger partial charge in [-0.3, -0.25) is 0 Å². The SMILES string of the molecule is CC(C)(C)[Si](C)(C)NS(N)(=O)=O. The van der Waals surface area contributed by atoms with E-state index >= 15 is 0 Å². The average Bonchev–Trinajstić information content (AvgIpc) is 1.52. The van der Waals surface area contributed by atoms with Crippen molar-refractivity contribution in [1.82, 2.24) is 4.39 Å². The second kappa shape index (κ2) is 3.10. The van der Waals surface area contributed by atoms with Crippen LogP contribution in [0.3, 0.4) is 0 Å². The molecule has 3 N–H and O–H groups in total. The Morgan fingerprint density at radius 3 is 1.67 bits per heavy atom. The lowest BCUT2D eigenvalue weighted by Crippen LogP contribution is -2.56. The van der Waals surface area contributed by atoms with Crippen LogP contribution >= 0.6 is 0 Å². The Kier molecular flexibility index (Phi) is 3.12. The fourth-order valence-corrected chi connectivity index (χ4v) is 4.58. The third-order valence-electron chi connectivity index (χ3n) is 2.27. The van der Waals surface area contributed by atoms with Crippen LogP contribution in [0.5, 0.6) is 0 Å². The molecule has 0 aromatic carbocycles. The second-order valence-electron chi connectivity index (χ2n) is 4.52. The number of hydrogen-bond donors (Lipinski definition) is 2. The van der Waals surface area contributed by atoms with E-state index in [-0.39, 0.29) is 5.04 Å². The summed E-state index contributed by atoms with van der Waals surface area (Å²) in [4.78, 5) is 0. The Morgan fingerprint density at radius 2 is 1.58 bits per heavy atom. The fourth-order valence-electron chi connectivity index (χ4n) is 0.509. The molecule has 0 aromatic heterocycles. The van der Waals surface area contributed by atoms with Crippen LogP contribution in [-0.4, -0.2) is 16.7 Å². The van der Waals surface area contributed by atoms with Gasteiger partial charge in [0.1, 0.15) is 8.24 Å². The van der Waals surface area contributed by atoms with Gasteiger partial charge in [-0.05, 0) is 5.04 Å². The van der Waals surface area contributed by atoms with E-state index in [1.165, 1.54) is 0 Å². The Bertz CT molecular complexity index is 253. The summed E-state index contributed by atoms with van der Waals surface area (Å²) in [6.45, 7) is 9.92. The molecule has 4 nitrogen and oxygen atoms in total. The van der Waals surface area contributed by atoms with Crippen molar-refractivity contribution in [3.63, 3.8) is 0 Å². The molecule has 12 heavy (non-hydrogen) atoms. The van der Waals surface area contributed by atoms with E-state index < -0.39 is 18.4 Å². The number of hydrogen-bond acceptors (Lipinski definition) is 2. The lowest BCUT2D eigenvalue weighted by molar-refractivity contribution is 0.591. The summed E-state index contributed by atoms with van der Waals surface area (Å²) in [6, 6.07) is 0. The van der Waals surface area contributed by atoms with Crippen LogP contribution in [0, 0.1) is 0 Å². The maximum Gasteiger partial charge on any atom is 0.268 e. The van der Waals surface area contributed by atoms with Crippen LogP contribution in [0.25, 0.3) is 0 Å². The van der Waals surface area contributed by atoms with Gasteiger partial charge in [0.25, 0.3) is 10.2 Å². The summed E-state index contributed by atoms with van der Waals surface area (Å²) in [7, 11) is -5.56. The molecular formula is C6H18N2O2SSi. The molecule has 0 aromatic rings. The predicted octanol–water partition coefficient (Wildman–Crippen LogP) is 0.785. The molecule has 0 rings (SSSR count). The number of nitrogens with two attached hydrogens (primary N) is 1. The lowest BCUT2D eigenvalue weighted by atomic mass is 10.2. The van der Waals surface area contributed by atoms with Gasteiger partial charge in [0.15, 0.2) is 0 Å². The van der Waals surface area contributed by atoms with E-state index in [0.717, 1.165) is 0 Å². The van der Waals surface area contributed by atoms with Crippen LogP contribution < -0.4 is 9.53 Å². The van der Waals surface area contributed by atoms with Crippen LogP contribution in [0.1, 0.15) is 20.8 Å². The molecule has 0 saturated heterocycles. The van der Waals surface area contributed by atoms with Crippen molar-refractivity contribution in [1.29, 1.82) is 0 Å². The van der Waals surface area contributed by atoms with Crippen LogP contribution in [-0.2, 0) is 10.2 Å². The van der Waals surface area contributed by atoms with Crippen LogP contribution in [0.4, 0.5) is 0 Å². The van der Waals surface area contributed by atoms with E-state index in [4.69, 9.17) is 5.14 Å². The van der Waals surface area contributed by atoms with E-state index in [0.29, 0.717) is 0 Å². The van der Waals surface area contributed by atoms with Gasteiger partial charge in [-0.15, -0.1) is 0 Å². The molecule has 0 radical (unpaired) electrons. The molecule has 0 bridgehead atoms. The van der Waals surface area contributed by atoms with Gasteiger partial charge in [0.05, 0.1) is 0 Å². The average molecular weight is 210 g/mol. The predicted molar refractivity (Wildman–Crippen MR) is 53.4 cm³/mol. The third kappa shape index (κ3) is 3.66. The van der Waals surface area contributed by atoms with Crippen LogP contribution in [0.2, 0.25) is 18.1 Å². The van der Waals surface area contributed by atoms with E-state index in [9.17, 15) is 8.42 Å². The molecule has 0 amide bonds. The highest BCUT2D eigenvalue weighted by Crippen LogP contribution is 2.33. The van der Waals surface area contributed by atoms with Gasteiger partial charge in [-0.1, -0.05) is 33.9 Å². The first-order valence-electron chi connectivity index (χ1n) is 3.77. The molecular weight excluding hydrogens is 192 g/mol. The molecule has 0 aliphatic heterocycles. The number of nitrogens with one attached hydrogen (secondary N) is 1. The monoisotopic (exact) mass is 210 g/mol. The first-order chi connectivity index (χ1) is 4.96. The highest BCUT2D eigenvalue weighted by Gasteiger charge is 2.38. The first-order valence-corrected chi connectivity index (χ1v) is 8.32. The Hall–Kier alpha value is 0.0869. The molecule has 6 heteroatoms. The van der Waals surface area contributed by atoms with Crippen molar-refractivity contribution in [2.75, 3.05) is 0 Å². The summed E-state index contributed by atoms with van der Waals surface area (Å²) in [5.74, 6) is 0. The van der Waals surface area contributed by atoms with Crippen molar-refractivity contribution < 1.29 is 8.42 Å². The third-order valence-corrected chi connectivity index (χ3v) is 9.20. The summed E-state index contributed by atoms with van der Waals surface area (Å²) in [5.41, 5.74) is 0. The van der Waals surface area contributed by atoms with Gasteiger partial charge in [0.2, 0.25) is 0 Å². The molecule has 0 fully saturated rings. The Labute approximate surface area is 75.8 Å². The van der Waals surface area contributed by atoms with E-state index in [2.05, 4.69) is 4.39 Å². The summed E-state index contributed by atoms with van der Waals surface area (Å²) in [6.07, 6.45) is 0.